The van der Waals surface area contributed by atoms with Crippen molar-refractivity contribution in [3.8, 4) is 5.75 Å². The first-order valence-corrected chi connectivity index (χ1v) is 6.23. The van der Waals surface area contributed by atoms with Crippen LogP contribution in [0.1, 0.15) is 24.0 Å². The Morgan fingerprint density at radius 2 is 2.06 bits per heavy atom. The fraction of sp³-hybridized carbons (Fsp3) is 0.571. The smallest absolute Gasteiger partial charge is 0.122 e. The minimum Gasteiger partial charge on any atom is -0.507 e. The summed E-state index contributed by atoms with van der Waals surface area (Å²) < 4.78 is 5.36. The molecule has 0 saturated carbocycles. The quantitative estimate of drug-likeness (QED) is 0.872. The second-order valence-electron chi connectivity index (χ2n) is 4.79. The number of rotatable bonds is 3. The highest BCUT2D eigenvalue weighted by Gasteiger charge is 2.19. The maximum Gasteiger partial charge on any atom is 0.122 e. The molecule has 0 atom stereocenters. The van der Waals surface area contributed by atoms with E-state index in [4.69, 9.17) is 4.74 Å². The van der Waals surface area contributed by atoms with E-state index in [0.717, 1.165) is 43.6 Å². The lowest BCUT2D eigenvalue weighted by molar-refractivity contribution is 0.0387. The summed E-state index contributed by atoms with van der Waals surface area (Å²) in [6.45, 7) is 4.87. The molecule has 3 heteroatoms. The normalized spacial score (nSPS) is 18.5. The molecule has 1 aromatic carbocycles. The molecule has 1 aromatic rings. The van der Waals surface area contributed by atoms with Crippen LogP contribution < -0.4 is 0 Å². The van der Waals surface area contributed by atoms with Gasteiger partial charge in [0.1, 0.15) is 5.75 Å². The molecular weight excluding hydrogens is 214 g/mol. The summed E-state index contributed by atoms with van der Waals surface area (Å²) in [5.74, 6) is 0.446. The van der Waals surface area contributed by atoms with Crippen molar-refractivity contribution in [3.63, 3.8) is 0 Å². The molecule has 0 spiro atoms. The number of phenols is 1. The van der Waals surface area contributed by atoms with Crippen molar-refractivity contribution in [1.29, 1.82) is 0 Å². The zero-order valence-electron chi connectivity index (χ0n) is 10.6. The topological polar surface area (TPSA) is 32.7 Å². The van der Waals surface area contributed by atoms with Gasteiger partial charge in [-0.3, -0.25) is 4.90 Å². The van der Waals surface area contributed by atoms with Gasteiger partial charge in [0.25, 0.3) is 0 Å². The Labute approximate surface area is 103 Å². The maximum atomic E-state index is 9.98. The van der Waals surface area contributed by atoms with Gasteiger partial charge in [-0.05, 0) is 25.3 Å². The summed E-state index contributed by atoms with van der Waals surface area (Å²) in [6, 6.07) is 5.95. The highest BCUT2D eigenvalue weighted by molar-refractivity contribution is 5.39. The van der Waals surface area contributed by atoms with E-state index in [1.807, 2.05) is 25.1 Å². The standard InChI is InChI=1S/C14H21NO2/c1-11-4-3-5-12(14(11)16)10-15-8-6-13(17-2)7-9-15/h3-5,13,16H,6-10H2,1-2H3. The fourth-order valence-corrected chi connectivity index (χ4v) is 2.39. The van der Waals surface area contributed by atoms with Crippen LogP contribution in [0.15, 0.2) is 18.2 Å². The molecule has 1 fully saturated rings. The van der Waals surface area contributed by atoms with E-state index in [1.165, 1.54) is 0 Å². The summed E-state index contributed by atoms with van der Waals surface area (Å²) >= 11 is 0. The third-order valence-electron chi connectivity index (χ3n) is 3.58. The lowest BCUT2D eigenvalue weighted by Crippen LogP contribution is -2.36. The van der Waals surface area contributed by atoms with Crippen molar-refractivity contribution in [2.24, 2.45) is 0 Å². The second-order valence-corrected chi connectivity index (χ2v) is 4.79. The minimum absolute atomic E-state index is 0.414. The van der Waals surface area contributed by atoms with E-state index < -0.39 is 0 Å². The van der Waals surface area contributed by atoms with Gasteiger partial charge in [-0.25, -0.2) is 0 Å². The highest BCUT2D eigenvalue weighted by Crippen LogP contribution is 2.24. The largest absolute Gasteiger partial charge is 0.507 e. The molecule has 0 aromatic heterocycles. The van der Waals surface area contributed by atoms with Crippen molar-refractivity contribution in [2.75, 3.05) is 20.2 Å². The van der Waals surface area contributed by atoms with Crippen LogP contribution in [0.3, 0.4) is 0 Å². The summed E-state index contributed by atoms with van der Waals surface area (Å²) in [7, 11) is 1.78. The van der Waals surface area contributed by atoms with Gasteiger partial charge in [0.2, 0.25) is 0 Å². The van der Waals surface area contributed by atoms with Gasteiger partial charge < -0.3 is 9.84 Å². The molecule has 1 heterocycles. The van der Waals surface area contributed by atoms with Crippen LogP contribution in [0.4, 0.5) is 0 Å². The summed E-state index contributed by atoms with van der Waals surface area (Å²) in [5.41, 5.74) is 1.98. The number of nitrogens with zero attached hydrogens (tertiary/aromatic N) is 1. The molecule has 1 saturated heterocycles. The van der Waals surface area contributed by atoms with Gasteiger partial charge >= 0.3 is 0 Å². The molecule has 0 radical (unpaired) electrons. The molecule has 3 nitrogen and oxygen atoms in total. The predicted molar refractivity (Wildman–Crippen MR) is 68.2 cm³/mol. The molecule has 0 amide bonds. The average Bonchev–Trinajstić information content (AvgIpc) is 2.36. The van der Waals surface area contributed by atoms with E-state index >= 15 is 0 Å². The van der Waals surface area contributed by atoms with Gasteiger partial charge in [-0.2, -0.15) is 0 Å². The van der Waals surface area contributed by atoms with Gasteiger partial charge in [-0.1, -0.05) is 18.2 Å². The van der Waals surface area contributed by atoms with Crippen molar-refractivity contribution in [3.05, 3.63) is 29.3 Å². The number of hydrogen-bond acceptors (Lipinski definition) is 3. The van der Waals surface area contributed by atoms with Crippen molar-refractivity contribution in [1.82, 2.24) is 4.90 Å². The Hall–Kier alpha value is -1.06. The van der Waals surface area contributed by atoms with E-state index in [9.17, 15) is 5.11 Å². The Balaban J connectivity index is 1.95. The van der Waals surface area contributed by atoms with Gasteiger partial charge in [0.15, 0.2) is 0 Å². The fourth-order valence-electron chi connectivity index (χ4n) is 2.39. The first kappa shape index (κ1) is 12.4. The first-order chi connectivity index (χ1) is 8.20. The summed E-state index contributed by atoms with van der Waals surface area (Å²) in [4.78, 5) is 2.38. The number of hydrogen-bond donors (Lipinski definition) is 1. The number of piperidine rings is 1. The molecule has 1 N–H and O–H groups in total. The van der Waals surface area contributed by atoms with Crippen LogP contribution in [0.5, 0.6) is 5.75 Å². The molecule has 2 rings (SSSR count). The number of likely N-dealkylation sites (tertiary alicyclic amines) is 1. The number of ether oxygens (including phenoxy) is 1. The van der Waals surface area contributed by atoms with Crippen LogP contribution in [0.25, 0.3) is 0 Å². The van der Waals surface area contributed by atoms with Crippen LogP contribution >= 0.6 is 0 Å². The maximum absolute atomic E-state index is 9.98. The molecule has 1 aliphatic rings. The Morgan fingerprint density at radius 3 is 2.71 bits per heavy atom. The average molecular weight is 235 g/mol. The monoisotopic (exact) mass is 235 g/mol. The number of para-hydroxylation sites is 1. The first-order valence-electron chi connectivity index (χ1n) is 6.23. The highest BCUT2D eigenvalue weighted by atomic mass is 16.5. The second kappa shape index (κ2) is 5.52. The zero-order chi connectivity index (χ0) is 12.3. The van der Waals surface area contributed by atoms with Crippen LogP contribution in [0, 0.1) is 6.92 Å². The van der Waals surface area contributed by atoms with Crippen LogP contribution in [-0.4, -0.2) is 36.3 Å². The number of phenolic OH excluding ortho intramolecular Hbond substituents is 1. The van der Waals surface area contributed by atoms with E-state index in [0.29, 0.717) is 11.9 Å². The Kier molecular flexibility index (Phi) is 4.02. The molecule has 0 bridgehead atoms. The number of benzene rings is 1. The third-order valence-corrected chi connectivity index (χ3v) is 3.58. The van der Waals surface area contributed by atoms with E-state index in [2.05, 4.69) is 4.90 Å². The van der Waals surface area contributed by atoms with Crippen molar-refractivity contribution < 1.29 is 9.84 Å². The van der Waals surface area contributed by atoms with Gasteiger partial charge in [0, 0.05) is 32.3 Å². The molecule has 1 aliphatic heterocycles. The molecule has 17 heavy (non-hydrogen) atoms. The van der Waals surface area contributed by atoms with Crippen molar-refractivity contribution in [2.45, 2.75) is 32.4 Å². The molecule has 94 valence electrons. The van der Waals surface area contributed by atoms with Crippen LogP contribution in [0.2, 0.25) is 0 Å². The lowest BCUT2D eigenvalue weighted by atomic mass is 10.1. The molecular formula is C14H21NO2. The molecule has 0 unspecified atom stereocenters. The van der Waals surface area contributed by atoms with E-state index in [-0.39, 0.29) is 0 Å². The lowest BCUT2D eigenvalue weighted by Gasteiger charge is -2.31. The Bertz CT molecular complexity index is 370. The number of aromatic hydroxyl groups is 1. The molecule has 0 aliphatic carbocycles. The number of methoxy groups -OCH3 is 1. The SMILES string of the molecule is COC1CCN(Cc2cccc(C)c2O)CC1. The third kappa shape index (κ3) is 2.99. The van der Waals surface area contributed by atoms with Gasteiger partial charge in [-0.15, -0.1) is 0 Å². The zero-order valence-corrected chi connectivity index (χ0v) is 10.6. The summed E-state index contributed by atoms with van der Waals surface area (Å²) in [6.07, 6.45) is 2.59. The predicted octanol–water partition coefficient (Wildman–Crippen LogP) is 2.31. The summed E-state index contributed by atoms with van der Waals surface area (Å²) in [5, 5.41) is 9.98. The van der Waals surface area contributed by atoms with Gasteiger partial charge in [0.05, 0.1) is 6.10 Å². The number of aryl methyl sites for hydroxylation is 1. The Morgan fingerprint density at radius 1 is 1.35 bits per heavy atom. The minimum atomic E-state index is 0.414. The van der Waals surface area contributed by atoms with Crippen LogP contribution in [-0.2, 0) is 11.3 Å². The van der Waals surface area contributed by atoms with Crippen molar-refractivity contribution >= 4 is 0 Å². The van der Waals surface area contributed by atoms with E-state index in [1.54, 1.807) is 7.11 Å².